The molecule has 0 radical (unpaired) electrons. The van der Waals surface area contributed by atoms with E-state index in [2.05, 4.69) is 49.6 Å². The molecule has 1 N–H and O–H groups in total. The smallest absolute Gasteiger partial charge is 0.247 e. The summed E-state index contributed by atoms with van der Waals surface area (Å²) in [5.41, 5.74) is 0. The van der Waals surface area contributed by atoms with E-state index in [1.165, 1.54) is 95.7 Å². The molecule has 2 unspecified atom stereocenters. The van der Waals surface area contributed by atoms with Gasteiger partial charge < -0.3 is 0 Å². The molecule has 0 saturated carbocycles. The average molecular weight is 350 g/mol. The Morgan fingerprint density at radius 3 is 2.00 bits per heavy atom. The van der Waals surface area contributed by atoms with Gasteiger partial charge in [-0.15, -0.1) is 0 Å². The first-order valence-corrected chi connectivity index (χ1v) is 11.3. The van der Waals surface area contributed by atoms with Gasteiger partial charge in [0.05, 0.1) is 12.0 Å². The fourth-order valence-corrected chi connectivity index (χ4v) is 3.96. The van der Waals surface area contributed by atoms with Crippen LogP contribution < -0.4 is 4.57 Å². The third-order valence-electron chi connectivity index (χ3n) is 5.73. The molecule has 1 heterocycles. The third-order valence-corrected chi connectivity index (χ3v) is 5.73. The molecule has 0 amide bonds. The Morgan fingerprint density at radius 2 is 1.36 bits per heavy atom. The molecule has 0 saturated heterocycles. The lowest BCUT2D eigenvalue weighted by Gasteiger charge is -2.15. The Labute approximate surface area is 157 Å². The molecule has 0 aromatic carbocycles. The highest BCUT2D eigenvalue weighted by Crippen LogP contribution is 2.24. The molecule has 2 nitrogen and oxygen atoms in total. The van der Waals surface area contributed by atoms with Gasteiger partial charge >= 0.3 is 0 Å². The van der Waals surface area contributed by atoms with Crippen molar-refractivity contribution in [3.05, 3.63) is 18.2 Å². The average Bonchev–Trinajstić information content (AvgIpc) is 3.10. The van der Waals surface area contributed by atoms with Crippen molar-refractivity contribution in [2.24, 2.45) is 0 Å². The van der Waals surface area contributed by atoms with E-state index in [0.717, 1.165) is 0 Å². The highest BCUT2D eigenvalue weighted by atomic mass is 15.1. The summed E-state index contributed by atoms with van der Waals surface area (Å²) < 4.78 is 2.53. The van der Waals surface area contributed by atoms with Gasteiger partial charge in [-0.2, -0.15) is 0 Å². The molecule has 0 spiro atoms. The van der Waals surface area contributed by atoms with Gasteiger partial charge in [0.2, 0.25) is 0 Å². The Balaban J connectivity index is 2.39. The second-order valence-corrected chi connectivity index (χ2v) is 7.97. The number of imidazole rings is 1. The van der Waals surface area contributed by atoms with Gasteiger partial charge in [-0.25, -0.2) is 9.55 Å². The minimum Gasteiger partial charge on any atom is -0.247 e. The fraction of sp³-hybridized carbons (Fsp3) is 0.870. The zero-order valence-corrected chi connectivity index (χ0v) is 17.7. The number of nitrogens with zero attached hydrogens (tertiary/aromatic N) is 1. The Kier molecular flexibility index (Phi) is 12.8. The van der Waals surface area contributed by atoms with Crippen molar-refractivity contribution in [1.82, 2.24) is 4.98 Å². The minimum absolute atomic E-state index is 0.626. The summed E-state index contributed by atoms with van der Waals surface area (Å²) in [6, 6.07) is 0.626. The lowest BCUT2D eigenvalue weighted by atomic mass is 9.96. The summed E-state index contributed by atoms with van der Waals surface area (Å²) in [4.78, 5) is 3.57. The van der Waals surface area contributed by atoms with Crippen LogP contribution in [0.3, 0.4) is 0 Å². The number of aromatic nitrogens is 2. The molecule has 146 valence electrons. The Bertz CT molecular complexity index is 410. The Morgan fingerprint density at radius 1 is 0.800 bits per heavy atom. The predicted octanol–water partition coefficient (Wildman–Crippen LogP) is 7.47. The second kappa shape index (κ2) is 14.4. The SMILES string of the molecule is CCCCCCCCCC(CC)c1[nH]cc[n+]1C(C)CCCCCC. The van der Waals surface area contributed by atoms with Crippen LogP contribution in [0.15, 0.2) is 12.4 Å². The van der Waals surface area contributed by atoms with Gasteiger partial charge in [0.25, 0.3) is 5.82 Å². The highest BCUT2D eigenvalue weighted by molar-refractivity contribution is 4.89. The van der Waals surface area contributed by atoms with Crippen LogP contribution >= 0.6 is 0 Å². The molecule has 0 aliphatic heterocycles. The lowest BCUT2D eigenvalue weighted by Crippen LogP contribution is -2.41. The number of rotatable bonds is 16. The van der Waals surface area contributed by atoms with Gasteiger partial charge in [-0.05, 0) is 32.6 Å². The number of hydrogen-bond donors (Lipinski definition) is 1. The zero-order valence-electron chi connectivity index (χ0n) is 17.7. The first-order valence-electron chi connectivity index (χ1n) is 11.3. The van der Waals surface area contributed by atoms with Crippen LogP contribution in [0.5, 0.6) is 0 Å². The van der Waals surface area contributed by atoms with Crippen LogP contribution in [-0.4, -0.2) is 4.98 Å². The zero-order chi connectivity index (χ0) is 18.3. The first-order chi connectivity index (χ1) is 12.2. The van der Waals surface area contributed by atoms with Gasteiger partial charge in [0, 0.05) is 0 Å². The van der Waals surface area contributed by atoms with Crippen molar-refractivity contribution >= 4 is 0 Å². The summed E-state index contributed by atoms with van der Waals surface area (Å²) in [6.45, 7) is 9.33. The number of H-pyrrole nitrogens is 1. The van der Waals surface area contributed by atoms with Crippen molar-refractivity contribution in [2.75, 3.05) is 0 Å². The van der Waals surface area contributed by atoms with Crippen molar-refractivity contribution in [3.8, 4) is 0 Å². The van der Waals surface area contributed by atoms with E-state index in [4.69, 9.17) is 0 Å². The van der Waals surface area contributed by atoms with Crippen LogP contribution in [-0.2, 0) is 0 Å². The number of unbranched alkanes of at least 4 members (excludes halogenated alkanes) is 9. The van der Waals surface area contributed by atoms with Gasteiger partial charge in [-0.3, -0.25) is 0 Å². The van der Waals surface area contributed by atoms with Crippen molar-refractivity contribution in [3.63, 3.8) is 0 Å². The lowest BCUT2D eigenvalue weighted by molar-refractivity contribution is -0.727. The number of hydrogen-bond acceptors (Lipinski definition) is 0. The molecule has 0 bridgehead atoms. The number of aromatic amines is 1. The van der Waals surface area contributed by atoms with E-state index in [-0.39, 0.29) is 0 Å². The topological polar surface area (TPSA) is 19.7 Å². The summed E-state index contributed by atoms with van der Waals surface area (Å²) in [5.74, 6) is 2.17. The van der Waals surface area contributed by atoms with Crippen molar-refractivity contribution in [1.29, 1.82) is 0 Å². The van der Waals surface area contributed by atoms with Crippen molar-refractivity contribution in [2.45, 2.75) is 130 Å². The van der Waals surface area contributed by atoms with Crippen molar-refractivity contribution < 1.29 is 4.57 Å². The van der Waals surface area contributed by atoms with Gasteiger partial charge in [0.1, 0.15) is 12.4 Å². The molecular formula is C23H45N2+. The van der Waals surface area contributed by atoms with Crippen LogP contribution in [0.1, 0.15) is 135 Å². The summed E-state index contributed by atoms with van der Waals surface area (Å²) in [7, 11) is 0. The maximum atomic E-state index is 3.57. The van der Waals surface area contributed by atoms with Crippen LogP contribution in [0.2, 0.25) is 0 Å². The third kappa shape index (κ3) is 8.92. The summed E-state index contributed by atoms with van der Waals surface area (Å²) in [6.07, 6.45) is 23.6. The predicted molar refractivity (Wildman–Crippen MR) is 110 cm³/mol. The van der Waals surface area contributed by atoms with E-state index >= 15 is 0 Å². The molecule has 1 rings (SSSR count). The fourth-order valence-electron chi connectivity index (χ4n) is 3.96. The highest BCUT2D eigenvalue weighted by Gasteiger charge is 2.24. The monoisotopic (exact) mass is 349 g/mol. The molecule has 0 aliphatic rings. The Hall–Kier alpha value is -0.790. The first kappa shape index (κ1) is 22.3. The quantitative estimate of drug-likeness (QED) is 0.236. The van der Waals surface area contributed by atoms with E-state index in [1.54, 1.807) is 0 Å². The molecule has 2 heteroatoms. The summed E-state index contributed by atoms with van der Waals surface area (Å²) in [5, 5.41) is 0. The molecular weight excluding hydrogens is 304 g/mol. The normalized spacial score (nSPS) is 13.9. The van der Waals surface area contributed by atoms with Crippen LogP contribution in [0.4, 0.5) is 0 Å². The number of nitrogens with one attached hydrogen (secondary N) is 1. The summed E-state index contributed by atoms with van der Waals surface area (Å²) >= 11 is 0. The molecule has 0 fully saturated rings. The van der Waals surface area contributed by atoms with Gasteiger partial charge in [-0.1, -0.05) is 85.0 Å². The maximum absolute atomic E-state index is 3.57. The maximum Gasteiger partial charge on any atom is 0.257 e. The largest absolute Gasteiger partial charge is 0.257 e. The van der Waals surface area contributed by atoms with Crippen LogP contribution in [0.25, 0.3) is 0 Å². The van der Waals surface area contributed by atoms with E-state index < -0.39 is 0 Å². The van der Waals surface area contributed by atoms with E-state index in [1.807, 2.05) is 0 Å². The standard InChI is InChI=1S/C23H44N2/c1-5-8-10-12-13-14-16-18-22(7-3)23-24-19-20-25(23)21(4)17-15-11-9-6-2/h19-22H,5-18H2,1-4H3/p+1. The van der Waals surface area contributed by atoms with Crippen LogP contribution in [0, 0.1) is 0 Å². The molecule has 1 aromatic rings. The minimum atomic E-state index is 0.626. The molecule has 25 heavy (non-hydrogen) atoms. The van der Waals surface area contributed by atoms with E-state index in [9.17, 15) is 0 Å². The van der Waals surface area contributed by atoms with Gasteiger partial charge in [0.15, 0.2) is 0 Å². The molecule has 2 atom stereocenters. The molecule has 0 aliphatic carbocycles. The molecule has 1 aromatic heterocycles. The van der Waals surface area contributed by atoms with E-state index in [0.29, 0.717) is 12.0 Å². The second-order valence-electron chi connectivity index (χ2n) is 7.97.